The van der Waals surface area contributed by atoms with E-state index in [1.54, 1.807) is 6.07 Å². The zero-order valence-electron chi connectivity index (χ0n) is 11.1. The molecule has 0 unspecified atom stereocenters. The third kappa shape index (κ3) is 4.41. The topological polar surface area (TPSA) is 52.6 Å². The molecule has 0 saturated carbocycles. The van der Waals surface area contributed by atoms with Gasteiger partial charge in [0, 0.05) is 12.5 Å². The molecule has 0 spiro atoms. The van der Waals surface area contributed by atoms with Gasteiger partial charge in [-0.25, -0.2) is 4.79 Å². The molecule has 0 aliphatic heterocycles. The second kappa shape index (κ2) is 6.38. The van der Waals surface area contributed by atoms with Crippen molar-refractivity contribution in [1.82, 2.24) is 0 Å². The molecular formula is C14H15ClO4. The molecule has 0 N–H and O–H groups in total. The Morgan fingerprint density at radius 2 is 1.95 bits per heavy atom. The predicted octanol–water partition coefficient (Wildman–Crippen LogP) is 3.02. The van der Waals surface area contributed by atoms with Gasteiger partial charge in [0.2, 0.25) is 0 Å². The minimum absolute atomic E-state index is 0.0320. The summed E-state index contributed by atoms with van der Waals surface area (Å²) in [5, 5.41) is -0.196. The average Bonchev–Trinajstić information content (AvgIpc) is 2.29. The summed E-state index contributed by atoms with van der Waals surface area (Å²) < 4.78 is 10.1. The molecule has 0 heterocycles. The lowest BCUT2D eigenvalue weighted by Gasteiger charge is -2.13. The first-order chi connectivity index (χ1) is 8.81. The van der Waals surface area contributed by atoms with Gasteiger partial charge in [-0.1, -0.05) is 29.8 Å². The van der Waals surface area contributed by atoms with Crippen molar-refractivity contribution < 1.29 is 19.1 Å². The van der Waals surface area contributed by atoms with Crippen LogP contribution in [-0.2, 0) is 20.9 Å². The van der Waals surface area contributed by atoms with Crippen molar-refractivity contribution in [2.45, 2.75) is 27.4 Å². The summed E-state index contributed by atoms with van der Waals surface area (Å²) in [6, 6.07) is 3.67. The highest BCUT2D eigenvalue weighted by molar-refractivity contribution is 6.40. The second-order valence-corrected chi connectivity index (χ2v) is 4.60. The van der Waals surface area contributed by atoms with Crippen LogP contribution in [0.15, 0.2) is 23.7 Å². The van der Waals surface area contributed by atoms with E-state index in [-0.39, 0.29) is 11.6 Å². The number of carbonyl (C=O) groups is 2. The maximum atomic E-state index is 11.3. The number of hydrogen-bond acceptors (Lipinski definition) is 4. The summed E-state index contributed by atoms with van der Waals surface area (Å²) in [5.74, 6) is -0.720. The molecule has 5 heteroatoms. The minimum atomic E-state index is -0.699. The maximum absolute atomic E-state index is 11.3. The van der Waals surface area contributed by atoms with Crippen molar-refractivity contribution in [2.24, 2.45) is 0 Å². The van der Waals surface area contributed by atoms with Crippen LogP contribution in [0.4, 0.5) is 0 Å². The van der Waals surface area contributed by atoms with Crippen molar-refractivity contribution in [3.8, 4) is 5.75 Å². The van der Waals surface area contributed by atoms with Crippen LogP contribution in [0, 0.1) is 13.8 Å². The number of benzene rings is 1. The normalized spacial score (nSPS) is 9.89. The Kier molecular flexibility index (Phi) is 5.12. The summed E-state index contributed by atoms with van der Waals surface area (Å²) in [4.78, 5) is 22.3. The van der Waals surface area contributed by atoms with E-state index >= 15 is 0 Å². The van der Waals surface area contributed by atoms with Crippen LogP contribution < -0.4 is 4.74 Å². The molecule has 0 aliphatic rings. The number of esters is 2. The van der Waals surface area contributed by atoms with E-state index < -0.39 is 11.9 Å². The van der Waals surface area contributed by atoms with Gasteiger partial charge in [0.1, 0.15) is 17.4 Å². The lowest BCUT2D eigenvalue weighted by atomic mass is 10.1. The van der Waals surface area contributed by atoms with Crippen LogP contribution in [0.1, 0.15) is 23.6 Å². The summed E-state index contributed by atoms with van der Waals surface area (Å²) in [7, 11) is 0. The molecule has 0 saturated heterocycles. The molecule has 19 heavy (non-hydrogen) atoms. The lowest BCUT2D eigenvalue weighted by Crippen LogP contribution is -2.09. The zero-order chi connectivity index (χ0) is 14.6. The van der Waals surface area contributed by atoms with E-state index in [9.17, 15) is 9.59 Å². The number of ether oxygens (including phenoxy) is 2. The molecule has 1 aromatic carbocycles. The van der Waals surface area contributed by atoms with Gasteiger partial charge in [0.05, 0.1) is 0 Å². The monoisotopic (exact) mass is 282 g/mol. The van der Waals surface area contributed by atoms with Crippen LogP contribution in [0.2, 0.25) is 0 Å². The van der Waals surface area contributed by atoms with E-state index in [4.69, 9.17) is 21.1 Å². The van der Waals surface area contributed by atoms with E-state index in [2.05, 4.69) is 6.58 Å². The Bertz CT molecular complexity index is 534. The summed E-state index contributed by atoms with van der Waals surface area (Å²) in [6.07, 6.45) is 0. The fraction of sp³-hybridized carbons (Fsp3) is 0.286. The van der Waals surface area contributed by atoms with Crippen LogP contribution >= 0.6 is 11.6 Å². The summed E-state index contributed by atoms with van der Waals surface area (Å²) >= 11 is 5.43. The molecule has 0 aliphatic carbocycles. The number of aryl methyl sites for hydroxylation is 2. The molecule has 0 aromatic heterocycles. The number of rotatable bonds is 4. The first-order valence-electron chi connectivity index (χ1n) is 5.61. The Hall–Kier alpha value is -1.81. The van der Waals surface area contributed by atoms with E-state index in [0.717, 1.165) is 11.1 Å². The Balaban J connectivity index is 3.00. The SMILES string of the molecule is C=C(Cl)C(=O)OCc1cc(C)cc(C)c1OC(C)=O. The molecular weight excluding hydrogens is 268 g/mol. The maximum Gasteiger partial charge on any atom is 0.349 e. The summed E-state index contributed by atoms with van der Waals surface area (Å²) in [6.45, 7) is 8.28. The standard InChI is InChI=1S/C14H15ClO4/c1-8-5-9(2)13(19-11(4)16)12(6-8)7-18-14(17)10(3)15/h5-6H,3,7H2,1-2,4H3. The quantitative estimate of drug-likeness (QED) is 0.484. The number of hydrogen-bond donors (Lipinski definition) is 0. The average molecular weight is 283 g/mol. The van der Waals surface area contributed by atoms with Crippen LogP contribution in [0.3, 0.4) is 0 Å². The number of carbonyl (C=O) groups excluding carboxylic acids is 2. The van der Waals surface area contributed by atoms with Gasteiger partial charge >= 0.3 is 11.9 Å². The Morgan fingerprint density at radius 1 is 1.32 bits per heavy atom. The van der Waals surface area contributed by atoms with Gasteiger partial charge in [0.25, 0.3) is 0 Å². The highest BCUT2D eigenvalue weighted by Gasteiger charge is 2.13. The van der Waals surface area contributed by atoms with E-state index in [1.165, 1.54) is 6.92 Å². The van der Waals surface area contributed by atoms with Crippen molar-refractivity contribution in [2.75, 3.05) is 0 Å². The van der Waals surface area contributed by atoms with Gasteiger partial charge in [-0.3, -0.25) is 4.79 Å². The lowest BCUT2D eigenvalue weighted by molar-refractivity contribution is -0.139. The van der Waals surface area contributed by atoms with Crippen LogP contribution in [0.25, 0.3) is 0 Å². The largest absolute Gasteiger partial charge is 0.456 e. The second-order valence-electron chi connectivity index (χ2n) is 4.14. The smallest absolute Gasteiger partial charge is 0.349 e. The molecule has 1 aromatic rings. The number of halogens is 1. The highest BCUT2D eigenvalue weighted by Crippen LogP contribution is 2.26. The molecule has 4 nitrogen and oxygen atoms in total. The molecule has 102 valence electrons. The zero-order valence-corrected chi connectivity index (χ0v) is 11.8. The van der Waals surface area contributed by atoms with Crippen LogP contribution in [-0.4, -0.2) is 11.9 Å². The fourth-order valence-corrected chi connectivity index (χ4v) is 1.72. The minimum Gasteiger partial charge on any atom is -0.456 e. The van der Waals surface area contributed by atoms with E-state index in [0.29, 0.717) is 11.3 Å². The van der Waals surface area contributed by atoms with Gasteiger partial charge in [-0.15, -0.1) is 0 Å². The van der Waals surface area contributed by atoms with Gasteiger partial charge in [-0.2, -0.15) is 0 Å². The fourth-order valence-electron chi connectivity index (χ4n) is 1.66. The Labute approximate surface area is 117 Å². The van der Waals surface area contributed by atoms with Crippen molar-refractivity contribution in [3.05, 3.63) is 40.4 Å². The third-order valence-electron chi connectivity index (χ3n) is 2.32. The van der Waals surface area contributed by atoms with Gasteiger partial charge < -0.3 is 9.47 Å². The molecule has 1 rings (SSSR count). The van der Waals surface area contributed by atoms with Gasteiger partial charge in [0.15, 0.2) is 0 Å². The molecule has 0 atom stereocenters. The first-order valence-corrected chi connectivity index (χ1v) is 5.99. The Morgan fingerprint density at radius 3 is 2.47 bits per heavy atom. The predicted molar refractivity (Wildman–Crippen MR) is 72.0 cm³/mol. The van der Waals surface area contributed by atoms with Gasteiger partial charge in [-0.05, 0) is 25.5 Å². The van der Waals surface area contributed by atoms with Crippen molar-refractivity contribution >= 4 is 23.5 Å². The van der Waals surface area contributed by atoms with Crippen molar-refractivity contribution in [1.29, 1.82) is 0 Å². The molecule has 0 bridgehead atoms. The molecule has 0 fully saturated rings. The van der Waals surface area contributed by atoms with Crippen LogP contribution in [0.5, 0.6) is 5.75 Å². The van der Waals surface area contributed by atoms with E-state index in [1.807, 2.05) is 19.9 Å². The highest BCUT2D eigenvalue weighted by atomic mass is 35.5. The molecule has 0 amide bonds. The first kappa shape index (κ1) is 15.2. The van der Waals surface area contributed by atoms with Crippen molar-refractivity contribution in [3.63, 3.8) is 0 Å². The summed E-state index contributed by atoms with van der Waals surface area (Å²) in [5.41, 5.74) is 2.38. The molecule has 0 radical (unpaired) electrons. The third-order valence-corrected chi connectivity index (χ3v) is 2.48.